The van der Waals surface area contributed by atoms with E-state index in [0.717, 1.165) is 42.9 Å². The minimum Gasteiger partial charge on any atom is -0.457 e. The predicted octanol–water partition coefficient (Wildman–Crippen LogP) is 7.42. The first-order valence-electron chi connectivity index (χ1n) is 10.8. The fourth-order valence-electron chi connectivity index (χ4n) is 3.81. The Balaban J connectivity index is 1.38. The van der Waals surface area contributed by atoms with Crippen molar-refractivity contribution < 1.29 is 9.21 Å². The molecule has 3 aromatic rings. The SMILES string of the molecule is O=C(/C=C/c1ccc(-c2cc(Cl)cc(Cl)c2)o1)NC(=S)Nc1cccc(Cl)c1N1CCCCC1. The van der Waals surface area contributed by atoms with Crippen LogP contribution in [0.5, 0.6) is 0 Å². The number of halogens is 3. The smallest absolute Gasteiger partial charge is 0.250 e. The van der Waals surface area contributed by atoms with Crippen LogP contribution in [0.2, 0.25) is 15.1 Å². The van der Waals surface area contributed by atoms with E-state index >= 15 is 0 Å². The topological polar surface area (TPSA) is 57.5 Å². The molecule has 0 radical (unpaired) electrons. The van der Waals surface area contributed by atoms with Crippen LogP contribution >= 0.6 is 47.0 Å². The molecule has 4 rings (SSSR count). The molecule has 0 unspecified atom stereocenters. The molecule has 1 saturated heterocycles. The van der Waals surface area contributed by atoms with E-state index in [4.69, 9.17) is 51.4 Å². The molecule has 1 aliphatic heterocycles. The van der Waals surface area contributed by atoms with Gasteiger partial charge in [-0.15, -0.1) is 0 Å². The van der Waals surface area contributed by atoms with Crippen LogP contribution in [-0.2, 0) is 4.79 Å². The molecule has 0 bridgehead atoms. The van der Waals surface area contributed by atoms with Gasteiger partial charge in [0, 0.05) is 34.8 Å². The van der Waals surface area contributed by atoms with Crippen molar-refractivity contribution >= 4 is 75.5 Å². The predicted molar refractivity (Wildman–Crippen MR) is 145 cm³/mol. The zero-order valence-corrected chi connectivity index (χ0v) is 21.2. The Hall–Kier alpha value is -2.51. The highest BCUT2D eigenvalue weighted by Gasteiger charge is 2.18. The minimum atomic E-state index is -0.386. The Morgan fingerprint density at radius 2 is 1.74 bits per heavy atom. The van der Waals surface area contributed by atoms with Crippen molar-refractivity contribution in [3.8, 4) is 11.3 Å². The van der Waals surface area contributed by atoms with Crippen LogP contribution in [0.25, 0.3) is 17.4 Å². The average Bonchev–Trinajstić information content (AvgIpc) is 3.27. The molecule has 0 spiro atoms. The Morgan fingerprint density at radius 1 is 1.00 bits per heavy atom. The van der Waals surface area contributed by atoms with Crippen LogP contribution in [0, 0.1) is 0 Å². The van der Waals surface area contributed by atoms with Crippen molar-refractivity contribution in [1.82, 2.24) is 5.32 Å². The van der Waals surface area contributed by atoms with E-state index in [0.29, 0.717) is 26.6 Å². The van der Waals surface area contributed by atoms with Gasteiger partial charge in [0.15, 0.2) is 5.11 Å². The zero-order valence-electron chi connectivity index (χ0n) is 18.1. The van der Waals surface area contributed by atoms with Gasteiger partial charge in [0.2, 0.25) is 5.91 Å². The van der Waals surface area contributed by atoms with Crippen molar-refractivity contribution in [2.45, 2.75) is 19.3 Å². The molecule has 2 aromatic carbocycles. The van der Waals surface area contributed by atoms with Crippen LogP contribution < -0.4 is 15.5 Å². The molecule has 5 nitrogen and oxygen atoms in total. The van der Waals surface area contributed by atoms with Gasteiger partial charge in [-0.25, -0.2) is 0 Å². The van der Waals surface area contributed by atoms with Gasteiger partial charge >= 0.3 is 0 Å². The number of amides is 1. The fraction of sp³-hybridized carbons (Fsp3) is 0.200. The minimum absolute atomic E-state index is 0.184. The van der Waals surface area contributed by atoms with E-state index < -0.39 is 0 Å². The fourth-order valence-corrected chi connectivity index (χ4v) is 4.84. The highest BCUT2D eigenvalue weighted by atomic mass is 35.5. The van der Waals surface area contributed by atoms with Crippen LogP contribution in [0.1, 0.15) is 25.0 Å². The highest BCUT2D eigenvalue weighted by molar-refractivity contribution is 7.80. The molecule has 9 heteroatoms. The number of rotatable bonds is 5. The number of furan rings is 1. The van der Waals surface area contributed by atoms with E-state index in [-0.39, 0.29) is 11.0 Å². The lowest BCUT2D eigenvalue weighted by molar-refractivity contribution is -0.115. The summed E-state index contributed by atoms with van der Waals surface area (Å²) in [7, 11) is 0. The van der Waals surface area contributed by atoms with E-state index in [1.165, 1.54) is 12.5 Å². The lowest BCUT2D eigenvalue weighted by Crippen LogP contribution is -2.34. The van der Waals surface area contributed by atoms with Crippen molar-refractivity contribution in [3.63, 3.8) is 0 Å². The number of hydrogen-bond donors (Lipinski definition) is 2. The number of piperidine rings is 1. The number of para-hydroxylation sites is 1. The summed E-state index contributed by atoms with van der Waals surface area (Å²) in [6.07, 6.45) is 6.37. The van der Waals surface area contributed by atoms with Crippen LogP contribution in [-0.4, -0.2) is 24.1 Å². The van der Waals surface area contributed by atoms with Crippen LogP contribution in [0.4, 0.5) is 11.4 Å². The summed E-state index contributed by atoms with van der Waals surface area (Å²) in [5, 5.41) is 7.62. The molecule has 2 heterocycles. The molecule has 0 atom stereocenters. The third-order valence-corrected chi connectivity index (χ3v) is 6.26. The number of thiocarbonyl (C=S) groups is 1. The molecule has 1 amide bonds. The summed E-state index contributed by atoms with van der Waals surface area (Å²) >= 11 is 24.0. The first-order chi connectivity index (χ1) is 16.4. The first-order valence-corrected chi connectivity index (χ1v) is 12.3. The maximum Gasteiger partial charge on any atom is 0.250 e. The van der Waals surface area contributed by atoms with E-state index in [1.54, 1.807) is 36.4 Å². The summed E-state index contributed by atoms with van der Waals surface area (Å²) < 4.78 is 5.77. The summed E-state index contributed by atoms with van der Waals surface area (Å²) in [6.45, 7) is 1.87. The number of nitrogens with zero attached hydrogens (tertiary/aromatic N) is 1. The standard InChI is InChI=1S/C25H22Cl3N3O2S/c26-17-13-16(14-18(27)15-17)22-9-7-19(33-22)8-10-23(32)30-25(34)29-21-6-4-5-20(28)24(21)31-11-2-1-3-12-31/h4-10,13-15H,1-3,11-12H2,(H2,29,30,32,34)/b10-8+. The third-order valence-electron chi connectivity index (χ3n) is 5.32. The van der Waals surface area contributed by atoms with Gasteiger partial charge in [-0.2, -0.15) is 0 Å². The normalized spacial score (nSPS) is 13.8. The molecule has 1 aliphatic rings. The lowest BCUT2D eigenvalue weighted by Gasteiger charge is -2.31. The molecule has 1 fully saturated rings. The van der Waals surface area contributed by atoms with Gasteiger partial charge in [0.25, 0.3) is 0 Å². The monoisotopic (exact) mass is 533 g/mol. The molecule has 176 valence electrons. The number of carbonyl (C=O) groups is 1. The van der Waals surface area contributed by atoms with Gasteiger partial charge < -0.3 is 14.6 Å². The van der Waals surface area contributed by atoms with Gasteiger partial charge in [-0.1, -0.05) is 40.9 Å². The zero-order chi connectivity index (χ0) is 24.1. The first kappa shape index (κ1) is 24.6. The second-order valence-electron chi connectivity index (χ2n) is 7.82. The Labute approximate surface area is 218 Å². The average molecular weight is 535 g/mol. The second kappa shape index (κ2) is 11.3. The van der Waals surface area contributed by atoms with E-state index in [9.17, 15) is 4.79 Å². The quantitative estimate of drug-likeness (QED) is 0.263. The van der Waals surface area contributed by atoms with E-state index in [1.807, 2.05) is 18.2 Å². The summed E-state index contributed by atoms with van der Waals surface area (Å²) in [5.41, 5.74) is 2.41. The van der Waals surface area contributed by atoms with Crippen molar-refractivity contribution in [3.05, 3.63) is 75.4 Å². The van der Waals surface area contributed by atoms with Crippen LogP contribution in [0.15, 0.2) is 59.0 Å². The van der Waals surface area contributed by atoms with Crippen LogP contribution in [0.3, 0.4) is 0 Å². The molecule has 1 aromatic heterocycles. The van der Waals surface area contributed by atoms with E-state index in [2.05, 4.69) is 15.5 Å². The number of hydrogen-bond acceptors (Lipinski definition) is 4. The number of carbonyl (C=O) groups excluding carboxylic acids is 1. The van der Waals surface area contributed by atoms with Crippen molar-refractivity contribution in [1.29, 1.82) is 0 Å². The maximum atomic E-state index is 12.4. The maximum absolute atomic E-state index is 12.4. The van der Waals surface area contributed by atoms with Gasteiger partial charge in [-0.05, 0) is 80.0 Å². The summed E-state index contributed by atoms with van der Waals surface area (Å²) in [6, 6.07) is 14.3. The van der Waals surface area contributed by atoms with Gasteiger partial charge in [-0.3, -0.25) is 10.1 Å². The highest BCUT2D eigenvalue weighted by Crippen LogP contribution is 2.35. The van der Waals surface area contributed by atoms with Crippen molar-refractivity contribution in [2.24, 2.45) is 0 Å². The number of anilines is 2. The Kier molecular flexibility index (Phi) is 8.16. The largest absolute Gasteiger partial charge is 0.457 e. The molecule has 34 heavy (non-hydrogen) atoms. The molecule has 0 saturated carbocycles. The summed E-state index contributed by atoms with van der Waals surface area (Å²) in [5.74, 6) is 0.706. The molecular formula is C25H22Cl3N3O2S. The summed E-state index contributed by atoms with van der Waals surface area (Å²) in [4.78, 5) is 14.6. The Morgan fingerprint density at radius 3 is 2.47 bits per heavy atom. The molecule has 0 aliphatic carbocycles. The third kappa shape index (κ3) is 6.33. The van der Waals surface area contributed by atoms with Crippen molar-refractivity contribution in [2.75, 3.05) is 23.3 Å². The molecular weight excluding hydrogens is 513 g/mol. The van der Waals surface area contributed by atoms with Gasteiger partial charge in [0.05, 0.1) is 16.4 Å². The van der Waals surface area contributed by atoms with Gasteiger partial charge in [0.1, 0.15) is 11.5 Å². The number of benzene rings is 2. The second-order valence-corrected chi connectivity index (χ2v) is 9.51. The lowest BCUT2D eigenvalue weighted by atomic mass is 10.1. The molecule has 2 N–H and O–H groups in total. The number of nitrogens with one attached hydrogen (secondary N) is 2. The Bertz CT molecular complexity index is 1220.